The van der Waals surface area contributed by atoms with Gasteiger partial charge in [0.25, 0.3) is 5.91 Å². The SMILES string of the molecule is CN1CC(=O)CCCCCCNC(=O)c2ccc1cc2. The number of carbonyl (C=O) groups is 2. The van der Waals surface area contributed by atoms with Crippen molar-refractivity contribution in [1.29, 1.82) is 0 Å². The largest absolute Gasteiger partial charge is 0.367 e. The maximum Gasteiger partial charge on any atom is 0.251 e. The molecule has 0 spiro atoms. The molecule has 1 aromatic carbocycles. The highest BCUT2D eigenvalue weighted by Crippen LogP contribution is 2.15. The van der Waals surface area contributed by atoms with Crippen LogP contribution in [0.1, 0.15) is 42.5 Å². The molecule has 1 aromatic rings. The first-order valence-electron chi connectivity index (χ1n) is 7.28. The molecule has 0 aromatic heterocycles. The van der Waals surface area contributed by atoms with Gasteiger partial charge < -0.3 is 10.2 Å². The molecule has 0 fully saturated rings. The third-order valence-electron chi connectivity index (χ3n) is 3.65. The fraction of sp³-hybridized carbons (Fsp3) is 0.500. The Balaban J connectivity index is 2.11. The second-order valence-corrected chi connectivity index (χ2v) is 5.36. The normalized spacial score (nSPS) is 18.4. The number of nitrogens with zero attached hydrogens (tertiary/aromatic N) is 1. The van der Waals surface area contributed by atoms with Crippen LogP contribution in [0.5, 0.6) is 0 Å². The smallest absolute Gasteiger partial charge is 0.251 e. The second-order valence-electron chi connectivity index (χ2n) is 5.36. The Morgan fingerprint density at radius 2 is 1.70 bits per heavy atom. The van der Waals surface area contributed by atoms with Crippen molar-refractivity contribution in [2.75, 3.05) is 25.0 Å². The number of amides is 1. The summed E-state index contributed by atoms with van der Waals surface area (Å²) in [6.45, 7) is 1.14. The summed E-state index contributed by atoms with van der Waals surface area (Å²) in [5, 5.41) is 2.93. The lowest BCUT2D eigenvalue weighted by molar-refractivity contribution is -0.117. The van der Waals surface area contributed by atoms with Crippen molar-refractivity contribution in [2.45, 2.75) is 32.1 Å². The molecule has 3 rings (SSSR count). The molecule has 2 bridgehead atoms. The zero-order valence-electron chi connectivity index (χ0n) is 12.0. The van der Waals surface area contributed by atoms with E-state index in [1.807, 2.05) is 36.2 Å². The molecular formula is C16H22N2O2. The summed E-state index contributed by atoms with van der Waals surface area (Å²) in [7, 11) is 1.91. The topological polar surface area (TPSA) is 49.4 Å². The minimum Gasteiger partial charge on any atom is -0.367 e. The van der Waals surface area contributed by atoms with Crippen LogP contribution in [-0.4, -0.2) is 31.8 Å². The number of rotatable bonds is 0. The molecule has 0 saturated heterocycles. The van der Waals surface area contributed by atoms with Gasteiger partial charge in [-0.05, 0) is 37.1 Å². The summed E-state index contributed by atoms with van der Waals surface area (Å²) in [5.41, 5.74) is 1.63. The molecule has 2 aliphatic rings. The molecule has 0 atom stereocenters. The van der Waals surface area contributed by atoms with Gasteiger partial charge in [0.2, 0.25) is 0 Å². The number of hydrogen-bond acceptors (Lipinski definition) is 3. The molecule has 20 heavy (non-hydrogen) atoms. The van der Waals surface area contributed by atoms with Crippen molar-refractivity contribution in [2.24, 2.45) is 0 Å². The van der Waals surface area contributed by atoms with Gasteiger partial charge in [-0.3, -0.25) is 9.59 Å². The summed E-state index contributed by atoms with van der Waals surface area (Å²) in [4.78, 5) is 25.7. The van der Waals surface area contributed by atoms with E-state index in [0.717, 1.165) is 31.4 Å². The van der Waals surface area contributed by atoms with Crippen molar-refractivity contribution in [3.05, 3.63) is 29.8 Å². The van der Waals surface area contributed by atoms with Gasteiger partial charge in [-0.2, -0.15) is 0 Å². The molecule has 4 heteroatoms. The van der Waals surface area contributed by atoms with Crippen LogP contribution in [0.15, 0.2) is 24.3 Å². The van der Waals surface area contributed by atoms with E-state index in [9.17, 15) is 9.59 Å². The summed E-state index contributed by atoms with van der Waals surface area (Å²) in [6.07, 6.45) is 4.67. The van der Waals surface area contributed by atoms with E-state index >= 15 is 0 Å². The first-order chi connectivity index (χ1) is 9.66. The van der Waals surface area contributed by atoms with Crippen molar-refractivity contribution in [3.63, 3.8) is 0 Å². The molecule has 0 radical (unpaired) electrons. The Morgan fingerprint density at radius 1 is 1.00 bits per heavy atom. The van der Waals surface area contributed by atoms with Crippen LogP contribution in [0, 0.1) is 0 Å². The van der Waals surface area contributed by atoms with Gasteiger partial charge in [0.15, 0.2) is 5.78 Å². The minimum atomic E-state index is -0.0230. The summed E-state index contributed by atoms with van der Waals surface area (Å²) in [5.74, 6) is 0.255. The van der Waals surface area contributed by atoms with E-state index in [0.29, 0.717) is 25.1 Å². The van der Waals surface area contributed by atoms with Gasteiger partial charge in [0.1, 0.15) is 0 Å². The van der Waals surface area contributed by atoms with Crippen molar-refractivity contribution in [1.82, 2.24) is 5.32 Å². The highest BCUT2D eigenvalue weighted by Gasteiger charge is 2.10. The number of carbonyl (C=O) groups excluding carboxylic acids is 2. The first-order valence-corrected chi connectivity index (χ1v) is 7.28. The van der Waals surface area contributed by atoms with Crippen LogP contribution in [0.2, 0.25) is 0 Å². The third kappa shape index (κ3) is 4.08. The molecule has 2 aliphatic heterocycles. The summed E-state index contributed by atoms with van der Waals surface area (Å²) < 4.78 is 0. The van der Waals surface area contributed by atoms with Crippen LogP contribution in [-0.2, 0) is 4.79 Å². The number of ketones is 1. The van der Waals surface area contributed by atoms with E-state index in [1.54, 1.807) is 0 Å². The van der Waals surface area contributed by atoms with Crippen LogP contribution >= 0.6 is 0 Å². The van der Waals surface area contributed by atoms with Crippen LogP contribution in [0.25, 0.3) is 0 Å². The number of benzene rings is 1. The van der Waals surface area contributed by atoms with E-state index in [-0.39, 0.29) is 11.7 Å². The van der Waals surface area contributed by atoms with Crippen LogP contribution in [0.4, 0.5) is 5.69 Å². The van der Waals surface area contributed by atoms with Gasteiger partial charge in [-0.25, -0.2) is 0 Å². The van der Waals surface area contributed by atoms with Crippen molar-refractivity contribution in [3.8, 4) is 0 Å². The zero-order valence-corrected chi connectivity index (χ0v) is 12.0. The molecule has 0 saturated carbocycles. The summed E-state index contributed by atoms with van der Waals surface area (Å²) in [6, 6.07) is 7.40. The van der Waals surface area contributed by atoms with Crippen molar-refractivity contribution >= 4 is 17.4 Å². The molecule has 2 heterocycles. The number of fused-ring (bicyclic) bond motifs is 12. The second kappa shape index (κ2) is 7.08. The highest BCUT2D eigenvalue weighted by atomic mass is 16.1. The number of likely N-dealkylation sites (N-methyl/N-ethyl adjacent to an activating group) is 1. The van der Waals surface area contributed by atoms with E-state index < -0.39 is 0 Å². The lowest BCUT2D eigenvalue weighted by Crippen LogP contribution is -2.26. The molecule has 4 nitrogen and oxygen atoms in total. The average molecular weight is 274 g/mol. The molecule has 108 valence electrons. The number of anilines is 1. The Hall–Kier alpha value is -1.84. The number of hydrogen-bond donors (Lipinski definition) is 1. The molecule has 1 amide bonds. The van der Waals surface area contributed by atoms with Gasteiger partial charge in [0.05, 0.1) is 6.54 Å². The lowest BCUT2D eigenvalue weighted by atomic mass is 10.1. The molecular weight excluding hydrogens is 252 g/mol. The Kier molecular flexibility index (Phi) is 5.16. The average Bonchev–Trinajstić information content (AvgIpc) is 2.46. The third-order valence-corrected chi connectivity index (χ3v) is 3.65. The molecule has 0 aliphatic carbocycles. The van der Waals surface area contributed by atoms with E-state index in [2.05, 4.69) is 5.32 Å². The minimum absolute atomic E-state index is 0.0230. The van der Waals surface area contributed by atoms with Gasteiger partial charge in [0, 0.05) is 31.3 Å². The van der Waals surface area contributed by atoms with Gasteiger partial charge >= 0.3 is 0 Å². The fourth-order valence-corrected chi connectivity index (χ4v) is 2.41. The first kappa shape index (κ1) is 14.6. The predicted octanol–water partition coefficient (Wildman–Crippen LogP) is 2.39. The maximum atomic E-state index is 11.9. The predicted molar refractivity (Wildman–Crippen MR) is 80.1 cm³/mol. The number of nitrogens with one attached hydrogen (secondary N) is 1. The van der Waals surface area contributed by atoms with Crippen LogP contribution in [0.3, 0.4) is 0 Å². The Labute approximate surface area is 120 Å². The van der Waals surface area contributed by atoms with Crippen molar-refractivity contribution < 1.29 is 9.59 Å². The van der Waals surface area contributed by atoms with Gasteiger partial charge in [-0.15, -0.1) is 0 Å². The zero-order chi connectivity index (χ0) is 14.4. The highest BCUT2D eigenvalue weighted by molar-refractivity contribution is 5.94. The number of Topliss-reactive ketones (excluding diaryl/α,β-unsaturated/α-hetero) is 1. The lowest BCUT2D eigenvalue weighted by Gasteiger charge is -2.18. The maximum absolute atomic E-state index is 11.9. The fourth-order valence-electron chi connectivity index (χ4n) is 2.41. The monoisotopic (exact) mass is 274 g/mol. The standard InChI is InChI=1S/C16H22N2O2/c1-18-12-15(19)6-4-2-3-5-11-17-16(20)13-7-9-14(18)10-8-13/h7-10H,2-6,11-12H2,1H3,(H,17,20). The van der Waals surface area contributed by atoms with Gasteiger partial charge in [-0.1, -0.05) is 12.8 Å². The van der Waals surface area contributed by atoms with E-state index in [1.165, 1.54) is 0 Å². The quantitative estimate of drug-likeness (QED) is 0.790. The Morgan fingerprint density at radius 3 is 2.45 bits per heavy atom. The molecule has 0 unspecified atom stereocenters. The van der Waals surface area contributed by atoms with E-state index in [4.69, 9.17) is 0 Å². The van der Waals surface area contributed by atoms with Crippen LogP contribution < -0.4 is 10.2 Å². The Bertz CT molecular complexity index is 468. The summed E-state index contributed by atoms with van der Waals surface area (Å²) >= 11 is 0. The molecule has 1 N–H and O–H groups in total.